The van der Waals surface area contributed by atoms with Crippen molar-refractivity contribution in [2.24, 2.45) is 5.73 Å². The minimum atomic E-state index is -0.508. The van der Waals surface area contributed by atoms with E-state index in [-0.39, 0.29) is 0 Å². The van der Waals surface area contributed by atoms with Gasteiger partial charge in [-0.25, -0.2) is 9.78 Å². The molecule has 0 saturated heterocycles. The number of nitrogens with two attached hydrogens (primary N) is 1. The molecule has 1 atom stereocenters. The molecule has 1 unspecified atom stereocenters. The lowest BCUT2D eigenvalue weighted by Crippen LogP contribution is -2.27. The molecule has 0 aliphatic rings. The number of hydrogen-bond donors (Lipinski definition) is 2. The highest BCUT2D eigenvalue weighted by molar-refractivity contribution is 7.16. The molecule has 6 heteroatoms. The molecular weight excluding hydrogens is 262 g/mol. The number of amides is 1. The molecule has 1 rings (SSSR count). The third-order valence-corrected chi connectivity index (χ3v) is 3.79. The van der Waals surface area contributed by atoms with Gasteiger partial charge in [-0.1, -0.05) is 6.92 Å². The molecule has 0 fully saturated rings. The lowest BCUT2D eigenvalue weighted by atomic mass is 10.1. The molecule has 0 spiro atoms. The van der Waals surface area contributed by atoms with Gasteiger partial charge in [-0.2, -0.15) is 0 Å². The Morgan fingerprint density at radius 2 is 2.16 bits per heavy atom. The SMILES string of the molecule is Cc1nc(NC(=O)OC(C)(C)C)sc1C(C)CCN. The molecule has 0 bridgehead atoms. The van der Waals surface area contributed by atoms with Crippen LogP contribution in [0.5, 0.6) is 0 Å². The summed E-state index contributed by atoms with van der Waals surface area (Å²) in [4.78, 5) is 17.2. The predicted molar refractivity (Wildman–Crippen MR) is 78.8 cm³/mol. The van der Waals surface area contributed by atoms with E-state index >= 15 is 0 Å². The summed E-state index contributed by atoms with van der Waals surface area (Å²) in [6.07, 6.45) is 0.439. The van der Waals surface area contributed by atoms with E-state index in [9.17, 15) is 4.79 Å². The fourth-order valence-electron chi connectivity index (χ4n) is 1.69. The maximum atomic E-state index is 11.7. The first kappa shape index (κ1) is 15.9. The van der Waals surface area contributed by atoms with Gasteiger partial charge in [0.15, 0.2) is 5.13 Å². The van der Waals surface area contributed by atoms with Crippen molar-refractivity contribution >= 4 is 22.6 Å². The molecule has 0 aromatic carbocycles. The number of aromatic nitrogens is 1. The quantitative estimate of drug-likeness (QED) is 0.890. The molecule has 1 aromatic heterocycles. The molecular formula is C13H23N3O2S. The Balaban J connectivity index is 2.71. The van der Waals surface area contributed by atoms with Gasteiger partial charge in [-0.15, -0.1) is 11.3 Å². The van der Waals surface area contributed by atoms with Crippen LogP contribution >= 0.6 is 11.3 Å². The molecule has 0 radical (unpaired) electrons. The van der Waals surface area contributed by atoms with Crippen LogP contribution in [-0.2, 0) is 4.74 Å². The van der Waals surface area contributed by atoms with Crippen LogP contribution in [0.2, 0.25) is 0 Å². The molecule has 0 saturated carbocycles. The van der Waals surface area contributed by atoms with Gasteiger partial charge in [0.2, 0.25) is 0 Å². The molecule has 1 aromatic rings. The average Bonchev–Trinajstić information content (AvgIpc) is 2.56. The van der Waals surface area contributed by atoms with Crippen molar-refractivity contribution in [3.05, 3.63) is 10.6 Å². The molecule has 19 heavy (non-hydrogen) atoms. The average molecular weight is 285 g/mol. The molecule has 5 nitrogen and oxygen atoms in total. The molecule has 3 N–H and O–H groups in total. The first-order chi connectivity index (χ1) is 8.73. The maximum absolute atomic E-state index is 11.7. The third kappa shape index (κ3) is 5.16. The molecule has 0 aliphatic carbocycles. The second-order valence-corrected chi connectivity index (χ2v) is 6.60. The molecule has 1 amide bonds. The first-order valence-corrected chi connectivity index (χ1v) is 7.22. The zero-order chi connectivity index (χ0) is 14.6. The minimum Gasteiger partial charge on any atom is -0.444 e. The highest BCUT2D eigenvalue weighted by Crippen LogP contribution is 2.31. The highest BCUT2D eigenvalue weighted by atomic mass is 32.1. The summed E-state index contributed by atoms with van der Waals surface area (Å²) in [6.45, 7) is 10.2. The second kappa shape index (κ2) is 6.34. The van der Waals surface area contributed by atoms with Crippen molar-refractivity contribution in [2.75, 3.05) is 11.9 Å². The monoisotopic (exact) mass is 285 g/mol. The van der Waals surface area contributed by atoms with E-state index in [0.29, 0.717) is 17.6 Å². The number of nitrogens with zero attached hydrogens (tertiary/aromatic N) is 1. The molecule has 108 valence electrons. The smallest absolute Gasteiger partial charge is 0.413 e. The summed E-state index contributed by atoms with van der Waals surface area (Å²) in [5.74, 6) is 0.358. The van der Waals surface area contributed by atoms with E-state index in [1.54, 1.807) is 0 Å². The Kier molecular flexibility index (Phi) is 5.31. The van der Waals surface area contributed by atoms with Crippen molar-refractivity contribution in [3.8, 4) is 0 Å². The van der Waals surface area contributed by atoms with Gasteiger partial charge in [-0.05, 0) is 46.6 Å². The van der Waals surface area contributed by atoms with Gasteiger partial charge in [-0.3, -0.25) is 5.32 Å². The van der Waals surface area contributed by atoms with E-state index in [2.05, 4.69) is 17.2 Å². The van der Waals surface area contributed by atoms with Crippen LogP contribution in [0.3, 0.4) is 0 Å². The van der Waals surface area contributed by atoms with Crippen LogP contribution in [0.1, 0.15) is 50.6 Å². The Morgan fingerprint density at radius 1 is 1.53 bits per heavy atom. The Labute approximate surface area is 118 Å². The lowest BCUT2D eigenvalue weighted by molar-refractivity contribution is 0.0636. The summed E-state index contributed by atoms with van der Waals surface area (Å²) in [5.41, 5.74) is 6.00. The van der Waals surface area contributed by atoms with Crippen LogP contribution < -0.4 is 11.1 Å². The Bertz CT molecular complexity index is 438. The number of thiazole rings is 1. The van der Waals surface area contributed by atoms with E-state index in [4.69, 9.17) is 10.5 Å². The number of rotatable bonds is 4. The van der Waals surface area contributed by atoms with E-state index in [1.807, 2.05) is 27.7 Å². The first-order valence-electron chi connectivity index (χ1n) is 6.40. The van der Waals surface area contributed by atoms with Gasteiger partial charge < -0.3 is 10.5 Å². The van der Waals surface area contributed by atoms with Crippen molar-refractivity contribution in [2.45, 2.75) is 52.6 Å². The Hall–Kier alpha value is -1.14. The van der Waals surface area contributed by atoms with Crippen molar-refractivity contribution in [1.82, 2.24) is 4.98 Å². The van der Waals surface area contributed by atoms with Gasteiger partial charge >= 0.3 is 6.09 Å². The summed E-state index contributed by atoms with van der Waals surface area (Å²) in [6, 6.07) is 0. The number of carbonyl (C=O) groups excluding carboxylic acids is 1. The standard InChI is InChI=1S/C13H23N3O2S/c1-8(6-7-14)10-9(2)15-11(19-10)16-12(17)18-13(3,4)5/h8H,6-7,14H2,1-5H3,(H,15,16,17). The summed E-state index contributed by atoms with van der Waals surface area (Å²) in [5, 5.41) is 3.25. The normalized spacial score (nSPS) is 13.2. The number of aryl methyl sites for hydroxylation is 1. The van der Waals surface area contributed by atoms with Crippen LogP contribution in [0.15, 0.2) is 0 Å². The van der Waals surface area contributed by atoms with E-state index in [1.165, 1.54) is 11.3 Å². The number of anilines is 1. The van der Waals surface area contributed by atoms with Crippen LogP contribution in [0, 0.1) is 6.92 Å². The Morgan fingerprint density at radius 3 is 2.68 bits per heavy atom. The molecule has 1 heterocycles. The largest absolute Gasteiger partial charge is 0.444 e. The predicted octanol–water partition coefficient (Wildman–Crippen LogP) is 3.25. The van der Waals surface area contributed by atoms with Crippen molar-refractivity contribution in [3.63, 3.8) is 0 Å². The zero-order valence-corrected chi connectivity index (χ0v) is 13.1. The number of carbonyl (C=O) groups is 1. The number of hydrogen-bond acceptors (Lipinski definition) is 5. The van der Waals surface area contributed by atoms with Crippen molar-refractivity contribution < 1.29 is 9.53 Å². The third-order valence-electron chi connectivity index (χ3n) is 2.49. The minimum absolute atomic E-state index is 0.358. The van der Waals surface area contributed by atoms with Gasteiger partial charge in [0, 0.05) is 4.88 Å². The van der Waals surface area contributed by atoms with Gasteiger partial charge in [0.25, 0.3) is 0 Å². The van der Waals surface area contributed by atoms with Crippen LogP contribution in [-0.4, -0.2) is 23.2 Å². The van der Waals surface area contributed by atoms with Gasteiger partial charge in [0.1, 0.15) is 5.60 Å². The summed E-state index contributed by atoms with van der Waals surface area (Å²) in [7, 11) is 0. The number of nitrogens with one attached hydrogen (secondary N) is 1. The second-order valence-electron chi connectivity index (χ2n) is 5.57. The summed E-state index contributed by atoms with van der Waals surface area (Å²) >= 11 is 1.48. The van der Waals surface area contributed by atoms with E-state index in [0.717, 1.165) is 17.0 Å². The fraction of sp³-hybridized carbons (Fsp3) is 0.692. The van der Waals surface area contributed by atoms with Crippen LogP contribution in [0.4, 0.5) is 9.93 Å². The molecule has 0 aliphatic heterocycles. The lowest BCUT2D eigenvalue weighted by Gasteiger charge is -2.18. The summed E-state index contributed by atoms with van der Waals surface area (Å²) < 4.78 is 5.20. The van der Waals surface area contributed by atoms with E-state index < -0.39 is 11.7 Å². The van der Waals surface area contributed by atoms with Gasteiger partial charge in [0.05, 0.1) is 5.69 Å². The number of ether oxygens (including phenoxy) is 1. The fourth-order valence-corrected chi connectivity index (χ4v) is 2.73. The highest BCUT2D eigenvalue weighted by Gasteiger charge is 2.19. The zero-order valence-electron chi connectivity index (χ0n) is 12.2. The van der Waals surface area contributed by atoms with Crippen LogP contribution in [0.25, 0.3) is 0 Å². The van der Waals surface area contributed by atoms with Crippen molar-refractivity contribution in [1.29, 1.82) is 0 Å². The maximum Gasteiger partial charge on any atom is 0.413 e. The topological polar surface area (TPSA) is 77.2 Å².